The lowest BCUT2D eigenvalue weighted by molar-refractivity contribution is -0.138. The zero-order valence-corrected chi connectivity index (χ0v) is 14.3. The Morgan fingerprint density at radius 3 is 2.86 bits per heavy atom. The second kappa shape index (κ2) is 6.12. The third-order valence-electron chi connectivity index (χ3n) is 4.25. The SMILES string of the molecule is Cc1nn(C)c(Cl)c1C1CCCN1C(=O)CN1CSCC1=O. The Bertz CT molecular complexity index is 618. The number of halogens is 1. The fourth-order valence-corrected chi connectivity index (χ4v) is 4.39. The van der Waals surface area contributed by atoms with Gasteiger partial charge in [-0.15, -0.1) is 11.8 Å². The summed E-state index contributed by atoms with van der Waals surface area (Å²) in [6.07, 6.45) is 1.84. The van der Waals surface area contributed by atoms with Crippen molar-refractivity contribution in [1.29, 1.82) is 0 Å². The number of hydrogen-bond donors (Lipinski definition) is 0. The van der Waals surface area contributed by atoms with Gasteiger partial charge in [0.1, 0.15) is 11.7 Å². The summed E-state index contributed by atoms with van der Waals surface area (Å²) in [5, 5.41) is 4.94. The highest BCUT2D eigenvalue weighted by Gasteiger charge is 2.35. The van der Waals surface area contributed by atoms with Gasteiger partial charge in [0.2, 0.25) is 11.8 Å². The number of rotatable bonds is 3. The molecule has 1 aromatic rings. The molecule has 0 aromatic carbocycles. The molecule has 0 radical (unpaired) electrons. The summed E-state index contributed by atoms with van der Waals surface area (Å²) in [5.74, 6) is 1.13. The maximum Gasteiger partial charge on any atom is 0.242 e. The summed E-state index contributed by atoms with van der Waals surface area (Å²) < 4.78 is 1.65. The van der Waals surface area contributed by atoms with E-state index < -0.39 is 0 Å². The number of nitrogens with zero attached hydrogens (tertiary/aromatic N) is 4. The molecular weight excluding hydrogens is 324 g/mol. The molecule has 2 saturated heterocycles. The molecule has 6 nitrogen and oxygen atoms in total. The summed E-state index contributed by atoms with van der Waals surface area (Å²) in [5.41, 5.74) is 1.81. The Kier molecular flexibility index (Phi) is 4.36. The van der Waals surface area contributed by atoms with E-state index in [9.17, 15) is 9.59 Å². The molecule has 120 valence electrons. The van der Waals surface area contributed by atoms with Gasteiger partial charge in [-0.25, -0.2) is 0 Å². The van der Waals surface area contributed by atoms with Crippen molar-refractivity contribution in [3.8, 4) is 0 Å². The maximum absolute atomic E-state index is 12.6. The zero-order valence-electron chi connectivity index (χ0n) is 12.7. The Labute approximate surface area is 138 Å². The van der Waals surface area contributed by atoms with E-state index >= 15 is 0 Å². The number of thioether (sulfide) groups is 1. The number of amides is 2. The van der Waals surface area contributed by atoms with E-state index in [1.54, 1.807) is 28.4 Å². The van der Waals surface area contributed by atoms with Gasteiger partial charge >= 0.3 is 0 Å². The van der Waals surface area contributed by atoms with E-state index in [2.05, 4.69) is 5.10 Å². The van der Waals surface area contributed by atoms with Crippen LogP contribution in [-0.2, 0) is 16.6 Å². The molecule has 2 amide bonds. The van der Waals surface area contributed by atoms with Crippen molar-refractivity contribution in [3.05, 3.63) is 16.4 Å². The van der Waals surface area contributed by atoms with E-state index in [4.69, 9.17) is 11.6 Å². The summed E-state index contributed by atoms with van der Waals surface area (Å²) in [6, 6.07) is -0.0286. The van der Waals surface area contributed by atoms with Crippen LogP contribution in [0.1, 0.15) is 30.1 Å². The number of carbonyl (C=O) groups is 2. The first kappa shape index (κ1) is 15.7. The number of carbonyl (C=O) groups excluding carboxylic acids is 2. The van der Waals surface area contributed by atoms with Crippen molar-refractivity contribution in [1.82, 2.24) is 19.6 Å². The smallest absolute Gasteiger partial charge is 0.242 e. The summed E-state index contributed by atoms with van der Waals surface area (Å²) in [4.78, 5) is 27.8. The summed E-state index contributed by atoms with van der Waals surface area (Å²) in [6.45, 7) is 2.80. The molecule has 1 aromatic heterocycles. The van der Waals surface area contributed by atoms with Crippen molar-refractivity contribution < 1.29 is 9.59 Å². The number of aromatic nitrogens is 2. The lowest BCUT2D eigenvalue weighted by Gasteiger charge is -2.27. The molecule has 2 aliphatic rings. The molecule has 2 fully saturated rings. The van der Waals surface area contributed by atoms with Crippen LogP contribution < -0.4 is 0 Å². The van der Waals surface area contributed by atoms with Gasteiger partial charge in [0, 0.05) is 19.2 Å². The van der Waals surface area contributed by atoms with Crippen LogP contribution >= 0.6 is 23.4 Å². The minimum atomic E-state index is -0.0286. The molecule has 3 rings (SSSR count). The third-order valence-corrected chi connectivity index (χ3v) is 5.65. The Morgan fingerprint density at radius 2 is 2.27 bits per heavy atom. The number of hydrogen-bond acceptors (Lipinski definition) is 4. The van der Waals surface area contributed by atoms with Crippen molar-refractivity contribution >= 4 is 35.2 Å². The van der Waals surface area contributed by atoms with Gasteiger partial charge in [0.25, 0.3) is 0 Å². The monoisotopic (exact) mass is 342 g/mol. The largest absolute Gasteiger partial charge is 0.334 e. The van der Waals surface area contributed by atoms with Gasteiger partial charge < -0.3 is 9.80 Å². The van der Waals surface area contributed by atoms with Gasteiger partial charge in [0.05, 0.1) is 23.4 Å². The van der Waals surface area contributed by atoms with Crippen molar-refractivity contribution in [2.75, 3.05) is 24.7 Å². The van der Waals surface area contributed by atoms with Crippen molar-refractivity contribution in [2.45, 2.75) is 25.8 Å². The van der Waals surface area contributed by atoms with Gasteiger partial charge in [-0.2, -0.15) is 5.10 Å². The predicted molar refractivity (Wildman–Crippen MR) is 85.7 cm³/mol. The zero-order chi connectivity index (χ0) is 15.9. The van der Waals surface area contributed by atoms with Crippen LogP contribution in [0.2, 0.25) is 5.15 Å². The van der Waals surface area contributed by atoms with Crippen LogP contribution in [0.15, 0.2) is 0 Å². The van der Waals surface area contributed by atoms with E-state index in [0.29, 0.717) is 23.3 Å². The molecule has 3 heterocycles. The van der Waals surface area contributed by atoms with Crippen molar-refractivity contribution in [3.63, 3.8) is 0 Å². The maximum atomic E-state index is 12.6. The molecule has 0 bridgehead atoms. The summed E-state index contributed by atoms with van der Waals surface area (Å²) >= 11 is 7.90. The van der Waals surface area contributed by atoms with Crippen LogP contribution in [0, 0.1) is 6.92 Å². The normalized spacial score (nSPS) is 22.0. The second-order valence-corrected chi connectivity index (χ2v) is 7.04. The van der Waals surface area contributed by atoms with Crippen LogP contribution in [0.4, 0.5) is 0 Å². The van der Waals surface area contributed by atoms with E-state index in [1.807, 2.05) is 11.8 Å². The minimum Gasteiger partial charge on any atom is -0.334 e. The highest BCUT2D eigenvalue weighted by molar-refractivity contribution is 8.00. The molecule has 1 unspecified atom stereocenters. The Hall–Kier alpha value is -1.21. The molecule has 1 atom stereocenters. The van der Waals surface area contributed by atoms with E-state index in [-0.39, 0.29) is 24.4 Å². The quantitative estimate of drug-likeness (QED) is 0.836. The van der Waals surface area contributed by atoms with Gasteiger partial charge in [-0.1, -0.05) is 11.6 Å². The average molecular weight is 343 g/mol. The second-order valence-electron chi connectivity index (χ2n) is 5.73. The molecule has 22 heavy (non-hydrogen) atoms. The molecule has 0 aliphatic carbocycles. The standard InChI is InChI=1S/C14H19ClN4O2S/c1-9-13(14(15)17(2)16-9)10-4-3-5-19(10)11(20)6-18-8-22-7-12(18)21/h10H,3-8H2,1-2H3. The van der Waals surface area contributed by atoms with E-state index in [0.717, 1.165) is 24.1 Å². The summed E-state index contributed by atoms with van der Waals surface area (Å²) in [7, 11) is 1.81. The van der Waals surface area contributed by atoms with Crippen LogP contribution in [0.25, 0.3) is 0 Å². The first-order chi connectivity index (χ1) is 10.5. The Morgan fingerprint density at radius 1 is 1.50 bits per heavy atom. The van der Waals surface area contributed by atoms with E-state index in [1.165, 1.54) is 0 Å². The number of likely N-dealkylation sites (tertiary alicyclic amines) is 1. The van der Waals surface area contributed by atoms with Gasteiger partial charge in [0.15, 0.2) is 0 Å². The lowest BCUT2D eigenvalue weighted by Crippen LogP contribution is -2.40. The predicted octanol–water partition coefficient (Wildman–Crippen LogP) is 1.58. The fourth-order valence-electron chi connectivity index (χ4n) is 3.18. The first-order valence-corrected chi connectivity index (χ1v) is 8.86. The van der Waals surface area contributed by atoms with Crippen molar-refractivity contribution in [2.24, 2.45) is 7.05 Å². The Balaban J connectivity index is 1.78. The molecule has 0 saturated carbocycles. The highest BCUT2D eigenvalue weighted by Crippen LogP contribution is 2.37. The fraction of sp³-hybridized carbons (Fsp3) is 0.643. The molecular formula is C14H19ClN4O2S. The van der Waals surface area contributed by atoms with Gasteiger partial charge in [-0.3, -0.25) is 14.3 Å². The molecule has 0 spiro atoms. The number of aryl methyl sites for hydroxylation is 2. The van der Waals surface area contributed by atoms with Crippen LogP contribution in [0.5, 0.6) is 0 Å². The third kappa shape index (κ3) is 2.72. The minimum absolute atomic E-state index is 0.00216. The molecule has 2 aliphatic heterocycles. The van der Waals surface area contributed by atoms with Gasteiger partial charge in [-0.05, 0) is 19.8 Å². The molecule has 8 heteroatoms. The topological polar surface area (TPSA) is 58.4 Å². The average Bonchev–Trinajstić information content (AvgIpc) is 3.13. The first-order valence-electron chi connectivity index (χ1n) is 7.33. The van der Waals surface area contributed by atoms with Crippen LogP contribution in [-0.4, -0.2) is 56.1 Å². The molecule has 0 N–H and O–H groups in total. The van der Waals surface area contributed by atoms with Crippen LogP contribution in [0.3, 0.4) is 0 Å². The highest BCUT2D eigenvalue weighted by atomic mass is 35.5. The lowest BCUT2D eigenvalue weighted by atomic mass is 10.1.